The van der Waals surface area contributed by atoms with E-state index in [0.29, 0.717) is 44.7 Å². The third kappa shape index (κ3) is 3.61. The number of piperidine rings is 1. The van der Waals surface area contributed by atoms with Crippen LogP contribution in [0.3, 0.4) is 0 Å². The van der Waals surface area contributed by atoms with Gasteiger partial charge < -0.3 is 14.5 Å². The second-order valence-corrected chi connectivity index (χ2v) is 7.97. The van der Waals surface area contributed by atoms with E-state index in [4.69, 9.17) is 4.74 Å². The molecule has 1 aromatic carbocycles. The van der Waals surface area contributed by atoms with Crippen LogP contribution in [0, 0.1) is 6.92 Å². The molecule has 1 aromatic heterocycles. The molecule has 2 saturated heterocycles. The molecule has 2 aromatic rings. The van der Waals surface area contributed by atoms with Crippen LogP contribution in [0.15, 0.2) is 36.4 Å². The van der Waals surface area contributed by atoms with E-state index in [1.165, 1.54) is 5.56 Å². The van der Waals surface area contributed by atoms with Crippen molar-refractivity contribution in [2.45, 2.75) is 38.2 Å². The van der Waals surface area contributed by atoms with Gasteiger partial charge in [-0.05, 0) is 24.5 Å². The zero-order valence-corrected chi connectivity index (χ0v) is 16.4. The van der Waals surface area contributed by atoms with Gasteiger partial charge in [0.2, 0.25) is 0 Å². The molecule has 7 heteroatoms. The maximum atomic E-state index is 12.6. The van der Waals surface area contributed by atoms with Gasteiger partial charge in [-0.3, -0.25) is 9.89 Å². The fourth-order valence-corrected chi connectivity index (χ4v) is 4.12. The van der Waals surface area contributed by atoms with Crippen LogP contribution < -0.4 is 0 Å². The van der Waals surface area contributed by atoms with Gasteiger partial charge in [-0.1, -0.05) is 37.3 Å². The number of rotatable bonds is 4. The summed E-state index contributed by atoms with van der Waals surface area (Å²) in [4.78, 5) is 28.6. The van der Waals surface area contributed by atoms with E-state index in [1.54, 1.807) is 11.0 Å². The first kappa shape index (κ1) is 18.5. The highest BCUT2D eigenvalue weighted by molar-refractivity contribution is 5.92. The second-order valence-electron chi connectivity index (χ2n) is 7.97. The van der Waals surface area contributed by atoms with Crippen LogP contribution in [0.4, 0.5) is 4.79 Å². The van der Waals surface area contributed by atoms with Crippen LogP contribution in [0.25, 0.3) is 0 Å². The molecule has 2 amide bonds. The van der Waals surface area contributed by atoms with Crippen LogP contribution >= 0.6 is 0 Å². The standard InChI is InChI=1S/C21H26N4O3/c1-15(17-6-4-3-5-7-17)13-25-14-21(28-20(25)27)8-10-24(11-9-21)19(26)18-12-16(2)22-23-18/h3-7,12,15H,8-11,13-14H2,1-2H3,(H,22,23)/t15-/m0/s1. The number of nitrogens with one attached hydrogen (secondary N) is 1. The summed E-state index contributed by atoms with van der Waals surface area (Å²) in [5.74, 6) is 0.173. The molecule has 0 unspecified atom stereocenters. The normalized spacial score (nSPS) is 19.7. The minimum atomic E-state index is -0.480. The predicted octanol–water partition coefficient (Wildman–Crippen LogP) is 2.95. The van der Waals surface area contributed by atoms with Gasteiger partial charge in [0.05, 0.1) is 6.54 Å². The molecular formula is C21H26N4O3. The number of H-pyrrole nitrogens is 1. The Morgan fingerprint density at radius 2 is 2.00 bits per heavy atom. The van der Waals surface area contributed by atoms with Crippen molar-refractivity contribution in [3.05, 3.63) is 53.3 Å². The zero-order valence-electron chi connectivity index (χ0n) is 16.4. The molecule has 2 aliphatic rings. The average molecular weight is 382 g/mol. The van der Waals surface area contributed by atoms with E-state index in [2.05, 4.69) is 29.3 Å². The van der Waals surface area contributed by atoms with Crippen LogP contribution in [0.2, 0.25) is 0 Å². The molecule has 0 bridgehead atoms. The first-order valence-electron chi connectivity index (χ1n) is 9.80. The molecule has 0 radical (unpaired) electrons. The highest BCUT2D eigenvalue weighted by Crippen LogP contribution is 2.34. The summed E-state index contributed by atoms with van der Waals surface area (Å²) in [5, 5.41) is 6.86. The Morgan fingerprint density at radius 1 is 1.29 bits per heavy atom. The first-order chi connectivity index (χ1) is 13.5. The van der Waals surface area contributed by atoms with Crippen molar-refractivity contribution in [3.8, 4) is 0 Å². The third-order valence-corrected chi connectivity index (χ3v) is 5.79. The Bertz CT molecular complexity index is 856. The first-order valence-corrected chi connectivity index (χ1v) is 9.80. The monoisotopic (exact) mass is 382 g/mol. The SMILES string of the molecule is Cc1cc(C(=O)N2CCC3(CC2)CN(C[C@H](C)c2ccccc2)C(=O)O3)n[nH]1. The number of carbonyl (C=O) groups is 2. The van der Waals surface area contributed by atoms with E-state index >= 15 is 0 Å². The van der Waals surface area contributed by atoms with Gasteiger partial charge in [0, 0.05) is 38.2 Å². The van der Waals surface area contributed by atoms with Crippen molar-refractivity contribution in [1.29, 1.82) is 0 Å². The lowest BCUT2D eigenvalue weighted by Crippen LogP contribution is -2.49. The van der Waals surface area contributed by atoms with Crippen LogP contribution in [0.5, 0.6) is 0 Å². The molecule has 0 aliphatic carbocycles. The van der Waals surface area contributed by atoms with Gasteiger partial charge in [-0.2, -0.15) is 5.10 Å². The van der Waals surface area contributed by atoms with Crippen LogP contribution in [-0.4, -0.2) is 63.8 Å². The maximum Gasteiger partial charge on any atom is 0.410 e. The predicted molar refractivity (Wildman–Crippen MR) is 104 cm³/mol. The lowest BCUT2D eigenvalue weighted by Gasteiger charge is -2.37. The quantitative estimate of drug-likeness (QED) is 0.882. The number of aromatic nitrogens is 2. The summed E-state index contributed by atoms with van der Waals surface area (Å²) in [5.41, 5.74) is 2.04. The van der Waals surface area contributed by atoms with Crippen LogP contribution in [-0.2, 0) is 4.74 Å². The van der Waals surface area contributed by atoms with Crippen molar-refractivity contribution in [1.82, 2.24) is 20.0 Å². The van der Waals surface area contributed by atoms with Crippen molar-refractivity contribution in [2.75, 3.05) is 26.2 Å². The largest absolute Gasteiger partial charge is 0.441 e. The van der Waals surface area contributed by atoms with E-state index in [1.807, 2.05) is 30.0 Å². The number of hydrogen-bond donors (Lipinski definition) is 1. The zero-order chi connectivity index (χ0) is 19.7. The van der Waals surface area contributed by atoms with Crippen molar-refractivity contribution >= 4 is 12.0 Å². The molecule has 4 rings (SSSR count). The Balaban J connectivity index is 1.36. The fourth-order valence-electron chi connectivity index (χ4n) is 4.12. The number of carbonyl (C=O) groups excluding carboxylic acids is 2. The molecule has 1 N–H and O–H groups in total. The summed E-state index contributed by atoms with van der Waals surface area (Å²) in [6.07, 6.45) is 1.07. The Hall–Kier alpha value is -2.83. The lowest BCUT2D eigenvalue weighted by atomic mass is 9.90. The minimum Gasteiger partial charge on any atom is -0.441 e. The minimum absolute atomic E-state index is 0.0712. The molecule has 1 atom stereocenters. The van der Waals surface area contributed by atoms with Crippen LogP contribution in [0.1, 0.15) is 47.4 Å². The number of benzene rings is 1. The van der Waals surface area contributed by atoms with E-state index in [9.17, 15) is 9.59 Å². The number of nitrogens with zero attached hydrogens (tertiary/aromatic N) is 3. The molecule has 148 valence electrons. The highest BCUT2D eigenvalue weighted by atomic mass is 16.6. The molecule has 1 spiro atoms. The van der Waals surface area contributed by atoms with E-state index in [0.717, 1.165) is 5.69 Å². The van der Waals surface area contributed by atoms with Gasteiger partial charge in [0.1, 0.15) is 11.3 Å². The van der Waals surface area contributed by atoms with Gasteiger partial charge in [-0.15, -0.1) is 0 Å². The molecule has 2 fully saturated rings. The summed E-state index contributed by atoms with van der Waals surface area (Å²) in [6.45, 7) is 6.37. The number of aromatic amines is 1. The highest BCUT2D eigenvalue weighted by Gasteiger charge is 2.47. The van der Waals surface area contributed by atoms with E-state index in [-0.39, 0.29) is 17.9 Å². The fraction of sp³-hybridized carbons (Fsp3) is 0.476. The molecule has 7 nitrogen and oxygen atoms in total. The van der Waals surface area contributed by atoms with E-state index < -0.39 is 5.60 Å². The van der Waals surface area contributed by atoms with Gasteiger partial charge in [0.25, 0.3) is 5.91 Å². The van der Waals surface area contributed by atoms with Crippen molar-refractivity contribution in [2.24, 2.45) is 0 Å². The Labute approximate surface area is 164 Å². The van der Waals surface area contributed by atoms with Gasteiger partial charge in [0.15, 0.2) is 0 Å². The average Bonchev–Trinajstić information content (AvgIpc) is 3.26. The summed E-state index contributed by atoms with van der Waals surface area (Å²) < 4.78 is 5.80. The van der Waals surface area contributed by atoms with Gasteiger partial charge >= 0.3 is 6.09 Å². The summed E-state index contributed by atoms with van der Waals surface area (Å²) >= 11 is 0. The number of likely N-dealkylation sites (tertiary alicyclic amines) is 1. The molecule has 0 saturated carbocycles. The maximum absolute atomic E-state index is 12.6. The number of ether oxygens (including phenoxy) is 1. The Morgan fingerprint density at radius 3 is 2.64 bits per heavy atom. The molecule has 3 heterocycles. The Kier molecular flexibility index (Phi) is 4.83. The molecule has 28 heavy (non-hydrogen) atoms. The second kappa shape index (κ2) is 7.30. The van der Waals surface area contributed by atoms with Crippen molar-refractivity contribution in [3.63, 3.8) is 0 Å². The number of hydrogen-bond acceptors (Lipinski definition) is 4. The van der Waals surface area contributed by atoms with Crippen molar-refractivity contribution < 1.29 is 14.3 Å². The summed E-state index contributed by atoms with van der Waals surface area (Å²) in [7, 11) is 0. The lowest BCUT2D eigenvalue weighted by molar-refractivity contribution is 0.00296. The molecular weight excluding hydrogens is 356 g/mol. The smallest absolute Gasteiger partial charge is 0.410 e. The third-order valence-electron chi connectivity index (χ3n) is 5.79. The number of aryl methyl sites for hydroxylation is 1. The number of amides is 2. The topological polar surface area (TPSA) is 78.5 Å². The van der Waals surface area contributed by atoms with Gasteiger partial charge in [-0.25, -0.2) is 4.79 Å². The molecule has 2 aliphatic heterocycles. The summed E-state index contributed by atoms with van der Waals surface area (Å²) in [6, 6.07) is 12.0.